The Morgan fingerprint density at radius 2 is 1.54 bits per heavy atom. The van der Waals surface area contributed by atoms with Crippen molar-refractivity contribution in [2.45, 2.75) is 34.6 Å². The maximum atomic E-state index is 13.0. The molecule has 0 radical (unpaired) electrons. The Morgan fingerprint density at radius 1 is 1.15 bits per heavy atom. The Hall–Kier alpha value is -0.920. The van der Waals surface area contributed by atoms with Crippen molar-refractivity contribution in [3.05, 3.63) is 35.5 Å². The molecule has 0 aromatic rings. The first-order valence-electron chi connectivity index (χ1n) is 4.35. The third-order valence-electron chi connectivity index (χ3n) is 1.52. The molecular weight excluding hydrogens is 170 g/mol. The fourth-order valence-corrected chi connectivity index (χ4v) is 0.542. The van der Waals surface area contributed by atoms with Crippen LogP contribution in [0.15, 0.2) is 35.5 Å². The second-order valence-corrected chi connectivity index (χ2v) is 2.32. The van der Waals surface area contributed by atoms with Gasteiger partial charge >= 0.3 is 0 Å². The normalized spacial score (nSPS) is 12.7. The summed E-state index contributed by atoms with van der Waals surface area (Å²) in [5, 5.41) is 0. The summed E-state index contributed by atoms with van der Waals surface area (Å²) >= 11 is 0. The average Bonchev–Trinajstić information content (AvgIpc) is 2.17. The minimum absolute atomic E-state index is 0.0272. The van der Waals surface area contributed by atoms with Crippen LogP contribution in [-0.4, -0.2) is 0 Å². The maximum absolute atomic E-state index is 13.0. The summed E-state index contributed by atoms with van der Waals surface area (Å²) in [6.07, 6.45) is 1.59. The predicted molar refractivity (Wildman–Crippen MR) is 54.8 cm³/mol. The molecule has 0 saturated carbocycles. The van der Waals surface area contributed by atoms with Gasteiger partial charge in [-0.3, -0.25) is 0 Å². The van der Waals surface area contributed by atoms with Crippen molar-refractivity contribution in [1.29, 1.82) is 0 Å². The van der Waals surface area contributed by atoms with Crippen LogP contribution in [0.25, 0.3) is 0 Å². The fourth-order valence-electron chi connectivity index (χ4n) is 0.542. The molecule has 2 heteroatoms. The highest BCUT2D eigenvalue weighted by Crippen LogP contribution is 2.20. The Kier molecular flexibility index (Phi) is 8.66. The van der Waals surface area contributed by atoms with Crippen molar-refractivity contribution in [1.82, 2.24) is 0 Å². The largest absolute Gasteiger partial charge is 0.207 e. The summed E-state index contributed by atoms with van der Waals surface area (Å²) in [5.74, 6) is -1.25. The van der Waals surface area contributed by atoms with E-state index in [0.29, 0.717) is 5.57 Å². The zero-order chi connectivity index (χ0) is 11.0. The van der Waals surface area contributed by atoms with E-state index >= 15 is 0 Å². The molecule has 0 spiro atoms. The first-order chi connectivity index (χ1) is 6.00. The summed E-state index contributed by atoms with van der Waals surface area (Å²) in [7, 11) is 0. The maximum Gasteiger partial charge on any atom is 0.131 e. The van der Waals surface area contributed by atoms with E-state index in [1.54, 1.807) is 19.9 Å². The van der Waals surface area contributed by atoms with E-state index in [9.17, 15) is 8.78 Å². The molecule has 0 aliphatic carbocycles. The second kappa shape index (κ2) is 7.71. The molecule has 0 aromatic carbocycles. The predicted octanol–water partition coefficient (Wildman–Crippen LogP) is 4.71. The van der Waals surface area contributed by atoms with Gasteiger partial charge in [-0.25, -0.2) is 8.78 Å². The van der Waals surface area contributed by atoms with E-state index in [0.717, 1.165) is 0 Å². The minimum atomic E-state index is -0.719. The van der Waals surface area contributed by atoms with Crippen LogP contribution < -0.4 is 0 Å². The standard InChI is InChI=1S/C9H12F2.C2H6/c1-5-6(2)9(11)7(3)8(4)10;1-2/h5H,4H2,1-3H3;1-2H3/b6-5-,9-7+;. The van der Waals surface area contributed by atoms with Crippen molar-refractivity contribution < 1.29 is 8.78 Å². The van der Waals surface area contributed by atoms with Gasteiger partial charge in [0.1, 0.15) is 11.7 Å². The zero-order valence-electron chi connectivity index (χ0n) is 9.04. The Morgan fingerprint density at radius 3 is 1.77 bits per heavy atom. The van der Waals surface area contributed by atoms with E-state index in [2.05, 4.69) is 6.58 Å². The Bertz CT molecular complexity index is 222. The van der Waals surface area contributed by atoms with E-state index in [-0.39, 0.29) is 5.57 Å². The average molecular weight is 188 g/mol. The van der Waals surface area contributed by atoms with E-state index < -0.39 is 11.7 Å². The summed E-state index contributed by atoms with van der Waals surface area (Å²) in [6, 6.07) is 0. The Balaban J connectivity index is 0. The molecular formula is C11H18F2. The van der Waals surface area contributed by atoms with Gasteiger partial charge in [-0.1, -0.05) is 26.5 Å². The lowest BCUT2D eigenvalue weighted by molar-refractivity contribution is 0.604. The number of hydrogen-bond donors (Lipinski definition) is 0. The van der Waals surface area contributed by atoms with E-state index in [4.69, 9.17) is 0 Å². The van der Waals surface area contributed by atoms with Gasteiger partial charge in [0.15, 0.2) is 0 Å². The van der Waals surface area contributed by atoms with Crippen LogP contribution in [-0.2, 0) is 0 Å². The third-order valence-corrected chi connectivity index (χ3v) is 1.52. The van der Waals surface area contributed by atoms with Crippen molar-refractivity contribution in [3.63, 3.8) is 0 Å². The van der Waals surface area contributed by atoms with Crippen LogP contribution in [0.1, 0.15) is 34.6 Å². The van der Waals surface area contributed by atoms with Gasteiger partial charge in [0.2, 0.25) is 0 Å². The molecule has 0 aliphatic rings. The summed E-state index contributed by atoms with van der Waals surface area (Å²) < 4.78 is 25.3. The van der Waals surface area contributed by atoms with Crippen LogP contribution in [0.4, 0.5) is 8.78 Å². The molecule has 0 heterocycles. The molecule has 0 N–H and O–H groups in total. The van der Waals surface area contributed by atoms with Crippen molar-refractivity contribution in [2.24, 2.45) is 0 Å². The van der Waals surface area contributed by atoms with Crippen LogP contribution in [0, 0.1) is 0 Å². The van der Waals surface area contributed by atoms with Gasteiger partial charge in [0.05, 0.1) is 0 Å². The highest BCUT2D eigenvalue weighted by molar-refractivity contribution is 5.34. The summed E-state index contributed by atoms with van der Waals surface area (Å²) in [4.78, 5) is 0. The molecule has 0 aromatic heterocycles. The van der Waals surface area contributed by atoms with Gasteiger partial charge < -0.3 is 0 Å². The Labute approximate surface area is 79.7 Å². The van der Waals surface area contributed by atoms with E-state index in [1.165, 1.54) is 6.92 Å². The highest BCUT2D eigenvalue weighted by atomic mass is 19.1. The molecule has 0 rings (SSSR count). The quantitative estimate of drug-likeness (QED) is 0.551. The molecule has 0 saturated heterocycles. The fraction of sp³-hybridized carbons (Fsp3) is 0.455. The number of rotatable bonds is 2. The molecule has 0 amide bonds. The molecule has 0 atom stereocenters. The van der Waals surface area contributed by atoms with Crippen LogP contribution in [0.2, 0.25) is 0 Å². The number of halogens is 2. The van der Waals surface area contributed by atoms with Gasteiger partial charge in [-0.05, 0) is 26.3 Å². The molecule has 0 fully saturated rings. The first kappa shape index (κ1) is 14.6. The molecule has 13 heavy (non-hydrogen) atoms. The van der Waals surface area contributed by atoms with Crippen LogP contribution in [0.3, 0.4) is 0 Å². The molecule has 0 unspecified atom stereocenters. The topological polar surface area (TPSA) is 0 Å². The molecule has 0 aliphatic heterocycles. The van der Waals surface area contributed by atoms with Gasteiger partial charge in [0.25, 0.3) is 0 Å². The molecule has 0 bridgehead atoms. The van der Waals surface area contributed by atoms with Crippen LogP contribution >= 0.6 is 0 Å². The van der Waals surface area contributed by atoms with Gasteiger partial charge in [-0.15, -0.1) is 0 Å². The van der Waals surface area contributed by atoms with Crippen LogP contribution in [0.5, 0.6) is 0 Å². The highest BCUT2D eigenvalue weighted by Gasteiger charge is 2.05. The smallest absolute Gasteiger partial charge is 0.131 e. The van der Waals surface area contributed by atoms with Gasteiger partial charge in [0, 0.05) is 5.57 Å². The first-order valence-corrected chi connectivity index (χ1v) is 4.35. The summed E-state index contributed by atoms with van der Waals surface area (Å²) in [6.45, 7) is 11.6. The number of allylic oxidation sites excluding steroid dienone is 5. The molecule has 0 nitrogen and oxygen atoms in total. The SMILES string of the molecule is C=C(F)/C(C)=C(F)\C(C)=C/C.CC. The lowest BCUT2D eigenvalue weighted by Crippen LogP contribution is -1.84. The van der Waals surface area contributed by atoms with Gasteiger partial charge in [-0.2, -0.15) is 0 Å². The van der Waals surface area contributed by atoms with Crippen molar-refractivity contribution >= 4 is 0 Å². The summed E-state index contributed by atoms with van der Waals surface area (Å²) in [5.41, 5.74) is 0.405. The lowest BCUT2D eigenvalue weighted by atomic mass is 10.1. The number of hydrogen-bond acceptors (Lipinski definition) is 0. The monoisotopic (exact) mass is 188 g/mol. The zero-order valence-corrected chi connectivity index (χ0v) is 9.04. The minimum Gasteiger partial charge on any atom is -0.207 e. The second-order valence-electron chi connectivity index (χ2n) is 2.32. The third kappa shape index (κ3) is 5.34. The lowest BCUT2D eigenvalue weighted by Gasteiger charge is -2.00. The molecule has 76 valence electrons. The van der Waals surface area contributed by atoms with E-state index in [1.807, 2.05) is 13.8 Å². The van der Waals surface area contributed by atoms with Crippen molar-refractivity contribution in [2.75, 3.05) is 0 Å². The van der Waals surface area contributed by atoms with Crippen molar-refractivity contribution in [3.8, 4) is 0 Å².